The zero-order valence-corrected chi connectivity index (χ0v) is 21.5. The maximum absolute atomic E-state index is 13.2. The molecular weight excluding hydrogens is 434 g/mol. The topological polar surface area (TPSA) is 78.6 Å². The summed E-state index contributed by atoms with van der Waals surface area (Å²) in [5.74, 6) is -0.0439. The Morgan fingerprint density at radius 2 is 1.46 bits per heavy atom. The Morgan fingerprint density at radius 3 is 1.97 bits per heavy atom. The van der Waals surface area contributed by atoms with Gasteiger partial charge >= 0.3 is 0 Å². The number of likely N-dealkylation sites (tertiary alicyclic amines) is 1. The molecule has 0 spiro atoms. The Bertz CT molecular complexity index is 811. The summed E-state index contributed by atoms with van der Waals surface area (Å²) in [6.07, 6.45) is 9.48. The summed E-state index contributed by atoms with van der Waals surface area (Å²) >= 11 is 0. The number of hydrogen-bond donors (Lipinski definition) is 3. The molecule has 5 heteroatoms. The Balaban J connectivity index is 1.48. The highest BCUT2D eigenvalue weighted by molar-refractivity contribution is 5.91. The van der Waals surface area contributed by atoms with E-state index in [1.807, 2.05) is 43.3 Å². The molecule has 1 heterocycles. The zero-order chi connectivity index (χ0) is 24.9. The molecule has 1 aliphatic rings. The van der Waals surface area contributed by atoms with E-state index in [1.54, 1.807) is 0 Å². The highest BCUT2D eigenvalue weighted by Gasteiger charge is 2.47. The number of primary amides is 1. The van der Waals surface area contributed by atoms with E-state index in [1.165, 1.54) is 38.5 Å². The van der Waals surface area contributed by atoms with Crippen molar-refractivity contribution in [3.63, 3.8) is 0 Å². The molecule has 1 fully saturated rings. The molecule has 1 unspecified atom stereocenters. The molecule has 0 bridgehead atoms. The Labute approximate surface area is 212 Å². The van der Waals surface area contributed by atoms with Gasteiger partial charge in [0.25, 0.3) is 0 Å². The van der Waals surface area contributed by atoms with Crippen molar-refractivity contribution in [1.82, 2.24) is 10.2 Å². The highest BCUT2D eigenvalue weighted by atomic mass is 16.3. The first-order valence-electron chi connectivity index (χ1n) is 13.6. The molecule has 1 aliphatic heterocycles. The summed E-state index contributed by atoms with van der Waals surface area (Å²) in [5.41, 5.74) is 7.46. The maximum Gasteiger partial charge on any atom is 0.232 e. The lowest BCUT2D eigenvalue weighted by atomic mass is 9.62. The van der Waals surface area contributed by atoms with Crippen LogP contribution in [-0.2, 0) is 10.2 Å². The molecule has 0 aliphatic carbocycles. The Morgan fingerprint density at radius 1 is 0.943 bits per heavy atom. The third-order valence-electron chi connectivity index (χ3n) is 7.71. The fraction of sp³-hybridized carbons (Fsp3) is 0.567. The second-order valence-corrected chi connectivity index (χ2v) is 10.2. The second-order valence-electron chi connectivity index (χ2n) is 10.2. The van der Waals surface area contributed by atoms with E-state index in [9.17, 15) is 4.79 Å². The second kappa shape index (κ2) is 14.4. The van der Waals surface area contributed by atoms with Crippen LogP contribution in [0.4, 0.5) is 0 Å². The van der Waals surface area contributed by atoms with Gasteiger partial charge < -0.3 is 21.1 Å². The number of rotatable bonds is 15. The normalized spacial score (nSPS) is 16.3. The number of aliphatic hydroxyl groups excluding tert-OH is 1. The standard InChI is InChI=1S/C30H45N3O2/c1-25(24-34)32-20-12-4-2-3-5-13-21-33-22-18-28(19-23-33)30(29(31)35,26-14-8-6-9-15-26)27-16-10-7-11-17-27/h6-11,14-17,25,28,32,34H,2-5,12-13,18-24H2,1H3,(H2,31,35). The van der Waals surface area contributed by atoms with Gasteiger partial charge in [0.15, 0.2) is 0 Å². The molecular formula is C30H45N3O2. The number of carbonyl (C=O) groups excluding carboxylic acids is 1. The highest BCUT2D eigenvalue weighted by Crippen LogP contribution is 2.44. The average molecular weight is 480 g/mol. The monoisotopic (exact) mass is 479 g/mol. The van der Waals surface area contributed by atoms with Crippen LogP contribution in [0.15, 0.2) is 60.7 Å². The first kappa shape index (κ1) is 27.4. The number of benzene rings is 2. The number of hydrogen-bond acceptors (Lipinski definition) is 4. The minimum Gasteiger partial charge on any atom is -0.395 e. The first-order valence-corrected chi connectivity index (χ1v) is 13.6. The van der Waals surface area contributed by atoms with Crippen LogP contribution in [0.2, 0.25) is 0 Å². The molecule has 2 aromatic carbocycles. The van der Waals surface area contributed by atoms with Crippen LogP contribution in [0, 0.1) is 5.92 Å². The van der Waals surface area contributed by atoms with Gasteiger partial charge in [0.2, 0.25) is 5.91 Å². The van der Waals surface area contributed by atoms with Gasteiger partial charge in [0, 0.05) is 6.04 Å². The number of carbonyl (C=O) groups is 1. The van der Waals surface area contributed by atoms with E-state index >= 15 is 0 Å². The fourth-order valence-electron chi connectivity index (χ4n) is 5.70. The van der Waals surface area contributed by atoms with Gasteiger partial charge in [0.1, 0.15) is 5.41 Å². The molecule has 1 amide bonds. The molecule has 1 atom stereocenters. The number of piperidine rings is 1. The molecule has 5 nitrogen and oxygen atoms in total. The number of amides is 1. The van der Waals surface area contributed by atoms with E-state index in [-0.39, 0.29) is 24.5 Å². The smallest absolute Gasteiger partial charge is 0.232 e. The van der Waals surface area contributed by atoms with Crippen molar-refractivity contribution in [2.45, 2.75) is 69.7 Å². The molecule has 0 aromatic heterocycles. The van der Waals surface area contributed by atoms with Crippen LogP contribution in [0.3, 0.4) is 0 Å². The van der Waals surface area contributed by atoms with Crippen LogP contribution >= 0.6 is 0 Å². The molecule has 4 N–H and O–H groups in total. The molecule has 0 radical (unpaired) electrons. The Hall–Kier alpha value is -2.21. The Kier molecular flexibility index (Phi) is 11.2. The van der Waals surface area contributed by atoms with Crippen LogP contribution in [0.5, 0.6) is 0 Å². The lowest BCUT2D eigenvalue weighted by Gasteiger charge is -2.43. The van der Waals surface area contributed by atoms with E-state index in [0.29, 0.717) is 0 Å². The summed E-state index contributed by atoms with van der Waals surface area (Å²) in [4.78, 5) is 15.8. The van der Waals surface area contributed by atoms with Gasteiger partial charge in [-0.25, -0.2) is 0 Å². The van der Waals surface area contributed by atoms with E-state index in [2.05, 4.69) is 34.5 Å². The van der Waals surface area contributed by atoms with Crippen molar-refractivity contribution in [2.75, 3.05) is 32.8 Å². The predicted molar refractivity (Wildman–Crippen MR) is 144 cm³/mol. The fourth-order valence-corrected chi connectivity index (χ4v) is 5.70. The van der Waals surface area contributed by atoms with E-state index in [4.69, 9.17) is 10.8 Å². The van der Waals surface area contributed by atoms with Crippen LogP contribution in [0.1, 0.15) is 69.4 Å². The summed E-state index contributed by atoms with van der Waals surface area (Å²) in [7, 11) is 0. The number of nitrogens with two attached hydrogens (primary N) is 1. The zero-order valence-electron chi connectivity index (χ0n) is 21.5. The van der Waals surface area contributed by atoms with Crippen molar-refractivity contribution in [3.8, 4) is 0 Å². The lowest BCUT2D eigenvalue weighted by molar-refractivity contribution is -0.124. The number of unbranched alkanes of at least 4 members (excludes halogenated alkanes) is 5. The summed E-state index contributed by atoms with van der Waals surface area (Å²) in [5, 5.41) is 12.4. The molecule has 0 saturated carbocycles. The summed E-state index contributed by atoms with van der Waals surface area (Å²) in [6.45, 7) is 6.40. The third kappa shape index (κ3) is 7.39. The van der Waals surface area contributed by atoms with Gasteiger partial charge in [-0.2, -0.15) is 0 Å². The van der Waals surface area contributed by atoms with Gasteiger partial charge in [-0.1, -0.05) is 86.3 Å². The summed E-state index contributed by atoms with van der Waals surface area (Å²) < 4.78 is 0. The van der Waals surface area contributed by atoms with Gasteiger partial charge in [-0.05, 0) is 75.8 Å². The van der Waals surface area contributed by atoms with Crippen LogP contribution in [-0.4, -0.2) is 54.7 Å². The van der Waals surface area contributed by atoms with E-state index in [0.717, 1.165) is 50.1 Å². The van der Waals surface area contributed by atoms with Crippen LogP contribution < -0.4 is 11.1 Å². The molecule has 192 valence electrons. The van der Waals surface area contributed by atoms with Crippen molar-refractivity contribution in [3.05, 3.63) is 71.8 Å². The number of aliphatic hydroxyl groups is 1. The van der Waals surface area contributed by atoms with Gasteiger partial charge in [-0.3, -0.25) is 4.79 Å². The molecule has 3 rings (SSSR count). The quantitative estimate of drug-likeness (QED) is 0.329. The number of nitrogens with one attached hydrogen (secondary N) is 1. The SMILES string of the molecule is CC(CO)NCCCCCCCCN1CCC(C(C(N)=O)(c2ccccc2)c2ccccc2)CC1. The minimum absolute atomic E-state index is 0.197. The lowest BCUT2D eigenvalue weighted by Crippen LogP contribution is -2.51. The molecule has 1 saturated heterocycles. The predicted octanol–water partition coefficient (Wildman–Crippen LogP) is 4.48. The van der Waals surface area contributed by atoms with Crippen molar-refractivity contribution >= 4 is 5.91 Å². The van der Waals surface area contributed by atoms with Crippen molar-refractivity contribution in [1.29, 1.82) is 0 Å². The van der Waals surface area contributed by atoms with Crippen molar-refractivity contribution < 1.29 is 9.90 Å². The molecule has 35 heavy (non-hydrogen) atoms. The maximum atomic E-state index is 13.2. The van der Waals surface area contributed by atoms with Crippen molar-refractivity contribution in [2.24, 2.45) is 11.7 Å². The van der Waals surface area contributed by atoms with Gasteiger partial charge in [-0.15, -0.1) is 0 Å². The minimum atomic E-state index is -0.779. The number of nitrogens with zero attached hydrogens (tertiary/aromatic N) is 1. The summed E-state index contributed by atoms with van der Waals surface area (Å²) in [6, 6.07) is 20.5. The third-order valence-corrected chi connectivity index (χ3v) is 7.71. The van der Waals surface area contributed by atoms with Gasteiger partial charge in [0.05, 0.1) is 6.61 Å². The molecule has 2 aromatic rings. The average Bonchev–Trinajstić information content (AvgIpc) is 2.90. The van der Waals surface area contributed by atoms with Crippen LogP contribution in [0.25, 0.3) is 0 Å². The first-order chi connectivity index (χ1) is 17.1. The van der Waals surface area contributed by atoms with E-state index < -0.39 is 5.41 Å². The largest absolute Gasteiger partial charge is 0.395 e.